The van der Waals surface area contributed by atoms with Gasteiger partial charge in [-0.15, -0.1) is 11.3 Å². The van der Waals surface area contributed by atoms with Crippen LogP contribution in [-0.4, -0.2) is 40.2 Å². The van der Waals surface area contributed by atoms with Crippen LogP contribution in [0.15, 0.2) is 53.0 Å². The first kappa shape index (κ1) is 27.0. The number of halogens is 1. The lowest BCUT2D eigenvalue weighted by atomic mass is 10.0. The molecule has 5 heterocycles. The first-order valence-electron chi connectivity index (χ1n) is 13.0. The van der Waals surface area contributed by atoms with Crippen LogP contribution >= 0.6 is 11.3 Å². The van der Waals surface area contributed by atoms with Crippen molar-refractivity contribution in [3.63, 3.8) is 0 Å². The maximum atomic E-state index is 14.4. The smallest absolute Gasteiger partial charge is 0.266 e. The number of anilines is 1. The Morgan fingerprint density at radius 3 is 2.69 bits per heavy atom. The number of ether oxygens (including phenoxy) is 1. The Hall–Kier alpha value is -5.22. The average Bonchev–Trinajstić information content (AvgIpc) is 3.54. The lowest BCUT2D eigenvalue weighted by Gasteiger charge is -2.17. The van der Waals surface area contributed by atoms with Crippen LogP contribution < -0.4 is 16.0 Å². The SMILES string of the molecule is Cc1csc2nc([C@H](C)n3nc(-c4cnc(OC(C)C)c(C#N)c4)c4c(N)ncnc43)c(-c3cccc(F)c3)c(=O)n12. The molecule has 2 N–H and O–H groups in total. The van der Waals surface area contributed by atoms with Crippen LogP contribution in [0, 0.1) is 24.1 Å². The van der Waals surface area contributed by atoms with Crippen LogP contribution in [0.5, 0.6) is 5.88 Å². The van der Waals surface area contributed by atoms with E-state index in [0.717, 1.165) is 5.69 Å². The van der Waals surface area contributed by atoms with Gasteiger partial charge in [0.05, 0.1) is 28.8 Å². The third-order valence-corrected chi connectivity index (χ3v) is 7.70. The summed E-state index contributed by atoms with van der Waals surface area (Å²) in [5, 5.41) is 16.9. The Morgan fingerprint density at radius 2 is 1.95 bits per heavy atom. The zero-order chi connectivity index (χ0) is 29.7. The minimum atomic E-state index is -0.652. The molecule has 0 bridgehead atoms. The zero-order valence-electron chi connectivity index (χ0n) is 23.0. The van der Waals surface area contributed by atoms with Gasteiger partial charge in [0.2, 0.25) is 5.88 Å². The van der Waals surface area contributed by atoms with Crippen molar-refractivity contribution in [2.45, 2.75) is 39.8 Å². The van der Waals surface area contributed by atoms with Crippen molar-refractivity contribution in [2.24, 2.45) is 0 Å². The Labute approximate surface area is 242 Å². The zero-order valence-corrected chi connectivity index (χ0v) is 23.8. The van der Waals surface area contributed by atoms with E-state index in [1.807, 2.05) is 33.1 Å². The number of nitrogen functional groups attached to an aromatic ring is 1. The molecular formula is C29H24FN9O2S. The fraction of sp³-hybridized carbons (Fsp3) is 0.207. The molecule has 5 aromatic heterocycles. The molecule has 0 aliphatic rings. The minimum absolute atomic E-state index is 0.172. The summed E-state index contributed by atoms with van der Waals surface area (Å²) in [5.74, 6) is -0.0885. The number of fused-ring (bicyclic) bond motifs is 2. The van der Waals surface area contributed by atoms with Gasteiger partial charge in [-0.25, -0.2) is 29.0 Å². The number of nitriles is 1. The van der Waals surface area contributed by atoms with E-state index in [1.54, 1.807) is 29.1 Å². The first-order valence-corrected chi connectivity index (χ1v) is 13.9. The van der Waals surface area contributed by atoms with Gasteiger partial charge in [-0.05, 0) is 51.5 Å². The first-order chi connectivity index (χ1) is 20.2. The molecule has 0 spiro atoms. The number of pyridine rings is 1. The Bertz CT molecular complexity index is 2110. The van der Waals surface area contributed by atoms with Crippen LogP contribution in [0.2, 0.25) is 0 Å². The molecule has 0 aliphatic carbocycles. The van der Waals surface area contributed by atoms with Crippen molar-refractivity contribution < 1.29 is 9.13 Å². The van der Waals surface area contributed by atoms with E-state index in [9.17, 15) is 14.4 Å². The molecule has 0 saturated heterocycles. The summed E-state index contributed by atoms with van der Waals surface area (Å²) in [6, 6.07) is 8.95. The van der Waals surface area contributed by atoms with Gasteiger partial charge in [-0.1, -0.05) is 12.1 Å². The van der Waals surface area contributed by atoms with Gasteiger partial charge < -0.3 is 10.5 Å². The number of benzene rings is 1. The van der Waals surface area contributed by atoms with Crippen molar-refractivity contribution in [3.05, 3.63) is 81.4 Å². The normalized spacial score (nSPS) is 12.2. The summed E-state index contributed by atoms with van der Waals surface area (Å²) >= 11 is 1.33. The number of nitrogens with zero attached hydrogens (tertiary/aromatic N) is 8. The molecule has 42 heavy (non-hydrogen) atoms. The van der Waals surface area contributed by atoms with Gasteiger partial charge in [0.15, 0.2) is 10.6 Å². The second kappa shape index (κ2) is 10.3. The lowest BCUT2D eigenvalue weighted by molar-refractivity contribution is 0.232. The molecule has 13 heteroatoms. The highest BCUT2D eigenvalue weighted by atomic mass is 32.1. The molecule has 0 aliphatic heterocycles. The van der Waals surface area contributed by atoms with Gasteiger partial charge in [0.25, 0.3) is 5.56 Å². The van der Waals surface area contributed by atoms with Crippen LogP contribution in [-0.2, 0) is 0 Å². The number of thiazole rings is 1. The minimum Gasteiger partial charge on any atom is -0.474 e. The largest absolute Gasteiger partial charge is 0.474 e. The summed E-state index contributed by atoms with van der Waals surface area (Å²) in [4.78, 5) is 32.2. The topological polar surface area (TPSA) is 150 Å². The predicted molar refractivity (Wildman–Crippen MR) is 157 cm³/mol. The van der Waals surface area contributed by atoms with Gasteiger partial charge in [0, 0.05) is 22.8 Å². The van der Waals surface area contributed by atoms with E-state index in [-0.39, 0.29) is 34.5 Å². The molecule has 0 unspecified atom stereocenters. The summed E-state index contributed by atoms with van der Waals surface area (Å²) < 4.78 is 23.2. The second-order valence-corrected chi connectivity index (χ2v) is 10.8. The maximum absolute atomic E-state index is 14.4. The lowest BCUT2D eigenvalue weighted by Crippen LogP contribution is -2.23. The molecule has 11 nitrogen and oxygen atoms in total. The average molecular weight is 582 g/mol. The molecule has 0 amide bonds. The summed E-state index contributed by atoms with van der Waals surface area (Å²) in [6.07, 6.45) is 2.70. The number of rotatable bonds is 6. The van der Waals surface area contributed by atoms with Gasteiger partial charge in [-0.3, -0.25) is 9.20 Å². The number of aryl methyl sites for hydroxylation is 1. The van der Waals surface area contributed by atoms with E-state index < -0.39 is 11.9 Å². The van der Waals surface area contributed by atoms with E-state index in [2.05, 4.69) is 21.0 Å². The quantitative estimate of drug-likeness (QED) is 0.289. The monoisotopic (exact) mass is 581 g/mol. The highest BCUT2D eigenvalue weighted by Crippen LogP contribution is 2.36. The van der Waals surface area contributed by atoms with Crippen molar-refractivity contribution in [1.82, 2.24) is 34.1 Å². The molecule has 1 atom stereocenters. The van der Waals surface area contributed by atoms with Crippen molar-refractivity contribution in [3.8, 4) is 34.3 Å². The second-order valence-electron chi connectivity index (χ2n) is 9.96. The fourth-order valence-corrected chi connectivity index (χ4v) is 5.74. The molecular weight excluding hydrogens is 557 g/mol. The van der Waals surface area contributed by atoms with Gasteiger partial charge >= 0.3 is 0 Å². The molecule has 0 radical (unpaired) electrons. The van der Waals surface area contributed by atoms with E-state index >= 15 is 0 Å². The number of hydrogen-bond donors (Lipinski definition) is 1. The van der Waals surface area contributed by atoms with Crippen LogP contribution in [0.3, 0.4) is 0 Å². The summed E-state index contributed by atoms with van der Waals surface area (Å²) in [7, 11) is 0. The molecule has 6 rings (SSSR count). The third-order valence-electron chi connectivity index (χ3n) is 6.75. The van der Waals surface area contributed by atoms with E-state index in [4.69, 9.17) is 20.6 Å². The van der Waals surface area contributed by atoms with Crippen LogP contribution in [0.4, 0.5) is 10.2 Å². The summed E-state index contributed by atoms with van der Waals surface area (Å²) in [5.41, 5.74) is 9.28. The molecule has 0 saturated carbocycles. The number of nitrogens with two attached hydrogens (primary N) is 1. The number of hydrogen-bond acceptors (Lipinski definition) is 10. The number of aromatic nitrogens is 7. The molecule has 0 fully saturated rings. The van der Waals surface area contributed by atoms with Crippen LogP contribution in [0.1, 0.15) is 43.8 Å². The van der Waals surface area contributed by atoms with Gasteiger partial charge in [-0.2, -0.15) is 10.4 Å². The van der Waals surface area contributed by atoms with Crippen molar-refractivity contribution in [2.75, 3.05) is 5.73 Å². The Kier molecular flexibility index (Phi) is 6.62. The summed E-state index contributed by atoms with van der Waals surface area (Å²) in [6.45, 7) is 7.34. The van der Waals surface area contributed by atoms with E-state index in [1.165, 1.54) is 34.2 Å². The van der Waals surface area contributed by atoms with Crippen LogP contribution in [0.25, 0.3) is 38.4 Å². The van der Waals surface area contributed by atoms with Gasteiger partial charge in [0.1, 0.15) is 35.3 Å². The Morgan fingerprint density at radius 1 is 1.14 bits per heavy atom. The highest BCUT2D eigenvalue weighted by Gasteiger charge is 2.27. The van der Waals surface area contributed by atoms with Crippen molar-refractivity contribution >= 4 is 33.1 Å². The molecule has 6 aromatic rings. The standard InChI is InChI=1S/C29H24FN9O2S/c1-14(2)41-27-18(10-31)8-19(11-33-27)24-22-25(32)34-13-35-26(22)39(37-24)16(4)23-21(17-6-5-7-20(30)9-17)28(40)38-15(3)12-42-29(38)36-23/h5-9,11-14,16H,1-4H3,(H2,32,34,35)/t16-/m0/s1. The highest BCUT2D eigenvalue weighted by molar-refractivity contribution is 7.15. The third kappa shape index (κ3) is 4.42. The fourth-order valence-electron chi connectivity index (χ4n) is 4.88. The Balaban J connectivity index is 1.59. The van der Waals surface area contributed by atoms with E-state index in [0.29, 0.717) is 38.5 Å². The maximum Gasteiger partial charge on any atom is 0.266 e. The molecule has 210 valence electrons. The predicted octanol–water partition coefficient (Wildman–Crippen LogP) is 4.92. The molecule has 1 aromatic carbocycles. The van der Waals surface area contributed by atoms with Crippen molar-refractivity contribution in [1.29, 1.82) is 5.26 Å².